The fourth-order valence-electron chi connectivity index (χ4n) is 1.74. The highest BCUT2D eigenvalue weighted by molar-refractivity contribution is 9.11. The van der Waals surface area contributed by atoms with Crippen molar-refractivity contribution >= 4 is 31.9 Å². The third-order valence-electron chi connectivity index (χ3n) is 2.59. The van der Waals surface area contributed by atoms with Gasteiger partial charge in [-0.2, -0.15) is 5.10 Å². The number of nitrogens with one attached hydrogen (secondary N) is 1. The summed E-state index contributed by atoms with van der Waals surface area (Å²) in [5.41, 5.74) is 3.28. The molecule has 0 aliphatic rings. The monoisotopic (exact) mass is 371 g/mol. The first kappa shape index (κ1) is 13.8. The van der Waals surface area contributed by atoms with Gasteiger partial charge in [0.05, 0.1) is 11.4 Å². The largest absolute Gasteiger partial charge is 0.311 e. The normalized spacial score (nSPS) is 10.9. The van der Waals surface area contributed by atoms with Crippen LogP contribution >= 0.6 is 31.9 Å². The lowest BCUT2D eigenvalue weighted by Crippen LogP contribution is -2.12. The number of hydrogen-bond donors (Lipinski definition) is 1. The molecule has 0 fully saturated rings. The van der Waals surface area contributed by atoms with E-state index in [0.29, 0.717) is 0 Å². The molecule has 3 nitrogen and oxygen atoms in total. The summed E-state index contributed by atoms with van der Waals surface area (Å²) in [7, 11) is 0. The Morgan fingerprint density at radius 1 is 1.28 bits per heavy atom. The van der Waals surface area contributed by atoms with Gasteiger partial charge < -0.3 is 5.32 Å². The summed E-state index contributed by atoms with van der Waals surface area (Å²) in [5.74, 6) is 0. The Kier molecular flexibility index (Phi) is 4.59. The predicted octanol–water partition coefficient (Wildman–Crippen LogP) is 3.82. The van der Waals surface area contributed by atoms with E-state index in [-0.39, 0.29) is 0 Å². The molecule has 18 heavy (non-hydrogen) atoms. The summed E-state index contributed by atoms with van der Waals surface area (Å²) in [6, 6.07) is 6.21. The van der Waals surface area contributed by atoms with Crippen molar-refractivity contribution in [2.75, 3.05) is 6.54 Å². The van der Waals surface area contributed by atoms with E-state index in [0.717, 1.165) is 33.4 Å². The zero-order valence-corrected chi connectivity index (χ0v) is 13.5. The number of aryl methyl sites for hydroxylation is 1. The van der Waals surface area contributed by atoms with Crippen LogP contribution in [0.25, 0.3) is 5.69 Å². The van der Waals surface area contributed by atoms with Crippen LogP contribution in [-0.4, -0.2) is 16.3 Å². The molecule has 1 N–H and O–H groups in total. The van der Waals surface area contributed by atoms with E-state index in [1.165, 1.54) is 5.56 Å². The highest BCUT2D eigenvalue weighted by atomic mass is 79.9. The maximum absolute atomic E-state index is 4.56. The van der Waals surface area contributed by atoms with E-state index in [9.17, 15) is 0 Å². The van der Waals surface area contributed by atoms with Crippen LogP contribution in [0.15, 0.2) is 33.3 Å². The standard InChI is InChI=1S/C13H15Br2N3/c1-3-16-8-10-4-5-18(17-10)13-11(14)6-9(2)7-12(13)15/h4-7,16H,3,8H2,1-2H3. The van der Waals surface area contributed by atoms with Gasteiger partial charge in [0.1, 0.15) is 0 Å². The molecule has 0 atom stereocenters. The molecule has 0 saturated carbocycles. The van der Waals surface area contributed by atoms with Gasteiger partial charge in [-0.1, -0.05) is 6.92 Å². The quantitative estimate of drug-likeness (QED) is 0.884. The highest BCUT2D eigenvalue weighted by Crippen LogP contribution is 2.30. The molecular formula is C13H15Br2N3. The topological polar surface area (TPSA) is 29.9 Å². The van der Waals surface area contributed by atoms with E-state index in [1.54, 1.807) is 0 Å². The molecular weight excluding hydrogens is 358 g/mol. The Morgan fingerprint density at radius 2 is 1.94 bits per heavy atom. The van der Waals surface area contributed by atoms with Crippen molar-refractivity contribution in [3.05, 3.63) is 44.6 Å². The lowest BCUT2D eigenvalue weighted by molar-refractivity contribution is 0.696. The minimum Gasteiger partial charge on any atom is -0.311 e. The SMILES string of the molecule is CCNCc1ccn(-c2c(Br)cc(C)cc2Br)n1. The predicted molar refractivity (Wildman–Crippen MR) is 81.1 cm³/mol. The summed E-state index contributed by atoms with van der Waals surface area (Å²) < 4.78 is 3.96. The van der Waals surface area contributed by atoms with E-state index < -0.39 is 0 Å². The van der Waals surface area contributed by atoms with Crippen molar-refractivity contribution in [2.24, 2.45) is 0 Å². The highest BCUT2D eigenvalue weighted by Gasteiger charge is 2.10. The van der Waals surface area contributed by atoms with E-state index in [2.05, 4.69) is 68.3 Å². The third-order valence-corrected chi connectivity index (χ3v) is 3.80. The molecule has 0 amide bonds. The molecule has 2 aromatic rings. The van der Waals surface area contributed by atoms with Crippen LogP contribution in [0.1, 0.15) is 18.2 Å². The Labute approximate surface area is 124 Å². The first-order valence-corrected chi connectivity index (χ1v) is 7.41. The summed E-state index contributed by atoms with van der Waals surface area (Å²) in [5, 5.41) is 7.83. The van der Waals surface area contributed by atoms with E-state index in [1.807, 2.05) is 16.9 Å². The fourth-order valence-corrected chi connectivity index (χ4v) is 3.52. The van der Waals surface area contributed by atoms with Gasteiger partial charge in [-0.15, -0.1) is 0 Å². The fraction of sp³-hybridized carbons (Fsp3) is 0.308. The summed E-state index contributed by atoms with van der Waals surface area (Å²) in [6.45, 7) is 5.90. The van der Waals surface area contributed by atoms with Gasteiger partial charge in [-0.3, -0.25) is 0 Å². The first-order valence-electron chi connectivity index (χ1n) is 5.83. The lowest BCUT2D eigenvalue weighted by Gasteiger charge is -2.08. The summed E-state index contributed by atoms with van der Waals surface area (Å²) >= 11 is 7.18. The van der Waals surface area contributed by atoms with Crippen molar-refractivity contribution in [1.82, 2.24) is 15.1 Å². The average Bonchev–Trinajstić information content (AvgIpc) is 2.73. The zero-order valence-electron chi connectivity index (χ0n) is 10.4. The second-order valence-corrected chi connectivity index (χ2v) is 5.82. The van der Waals surface area contributed by atoms with Crippen molar-refractivity contribution in [2.45, 2.75) is 20.4 Å². The molecule has 0 unspecified atom stereocenters. The van der Waals surface area contributed by atoms with Gasteiger partial charge in [0.25, 0.3) is 0 Å². The van der Waals surface area contributed by atoms with Crippen molar-refractivity contribution < 1.29 is 0 Å². The molecule has 0 radical (unpaired) electrons. The molecule has 96 valence electrons. The summed E-state index contributed by atoms with van der Waals surface area (Å²) in [4.78, 5) is 0. The van der Waals surface area contributed by atoms with Crippen molar-refractivity contribution in [3.8, 4) is 5.69 Å². The lowest BCUT2D eigenvalue weighted by atomic mass is 10.2. The van der Waals surface area contributed by atoms with Gasteiger partial charge in [-0.25, -0.2) is 4.68 Å². The van der Waals surface area contributed by atoms with Gasteiger partial charge >= 0.3 is 0 Å². The van der Waals surface area contributed by atoms with Crippen LogP contribution in [0.3, 0.4) is 0 Å². The minimum absolute atomic E-state index is 0.796. The molecule has 1 heterocycles. The molecule has 5 heteroatoms. The maximum atomic E-state index is 4.56. The van der Waals surface area contributed by atoms with Crippen LogP contribution in [-0.2, 0) is 6.54 Å². The Morgan fingerprint density at radius 3 is 2.56 bits per heavy atom. The smallest absolute Gasteiger partial charge is 0.0929 e. The molecule has 0 aliphatic heterocycles. The number of benzene rings is 1. The number of halogens is 2. The molecule has 1 aromatic heterocycles. The van der Waals surface area contributed by atoms with Crippen molar-refractivity contribution in [1.29, 1.82) is 0 Å². The maximum Gasteiger partial charge on any atom is 0.0929 e. The van der Waals surface area contributed by atoms with Gasteiger partial charge in [0.2, 0.25) is 0 Å². The van der Waals surface area contributed by atoms with Crippen LogP contribution < -0.4 is 5.32 Å². The number of aromatic nitrogens is 2. The van der Waals surface area contributed by atoms with Crippen molar-refractivity contribution in [3.63, 3.8) is 0 Å². The van der Waals surface area contributed by atoms with Crippen LogP contribution in [0.5, 0.6) is 0 Å². The third kappa shape index (κ3) is 3.02. The molecule has 0 spiro atoms. The second kappa shape index (κ2) is 5.99. The molecule has 2 rings (SSSR count). The van der Waals surface area contributed by atoms with Crippen LogP contribution in [0, 0.1) is 6.92 Å². The molecule has 0 bridgehead atoms. The average molecular weight is 373 g/mol. The number of hydrogen-bond acceptors (Lipinski definition) is 2. The molecule has 0 aliphatic carbocycles. The summed E-state index contributed by atoms with van der Waals surface area (Å²) in [6.07, 6.45) is 1.98. The zero-order chi connectivity index (χ0) is 13.1. The number of rotatable bonds is 4. The van der Waals surface area contributed by atoms with Gasteiger partial charge in [-0.05, 0) is 69.1 Å². The Bertz CT molecular complexity index is 526. The van der Waals surface area contributed by atoms with Gasteiger partial charge in [0, 0.05) is 21.7 Å². The Hall–Kier alpha value is -0.650. The van der Waals surface area contributed by atoms with Crippen LogP contribution in [0.4, 0.5) is 0 Å². The van der Waals surface area contributed by atoms with E-state index in [4.69, 9.17) is 0 Å². The minimum atomic E-state index is 0.796. The molecule has 0 saturated heterocycles. The van der Waals surface area contributed by atoms with E-state index >= 15 is 0 Å². The van der Waals surface area contributed by atoms with Crippen LogP contribution in [0.2, 0.25) is 0 Å². The second-order valence-electron chi connectivity index (χ2n) is 4.11. The molecule has 1 aromatic carbocycles. The van der Waals surface area contributed by atoms with Gasteiger partial charge in [0.15, 0.2) is 0 Å². The number of nitrogens with zero attached hydrogens (tertiary/aromatic N) is 2. The first-order chi connectivity index (χ1) is 8.61. The Balaban J connectivity index is 2.34.